The molecule has 0 saturated carbocycles. The zero-order valence-corrected chi connectivity index (χ0v) is 12.3. The van der Waals surface area contributed by atoms with Gasteiger partial charge in [-0.25, -0.2) is 4.79 Å². The van der Waals surface area contributed by atoms with Crippen molar-refractivity contribution in [1.82, 2.24) is 4.98 Å². The van der Waals surface area contributed by atoms with Gasteiger partial charge in [-0.2, -0.15) is 10.1 Å². The third-order valence-electron chi connectivity index (χ3n) is 3.44. The summed E-state index contributed by atoms with van der Waals surface area (Å²) < 4.78 is 0. The van der Waals surface area contributed by atoms with Crippen LogP contribution in [0.3, 0.4) is 0 Å². The molecule has 0 saturated heterocycles. The summed E-state index contributed by atoms with van der Waals surface area (Å²) in [6, 6.07) is 9.62. The van der Waals surface area contributed by atoms with Gasteiger partial charge in [0.2, 0.25) is 0 Å². The summed E-state index contributed by atoms with van der Waals surface area (Å²) in [7, 11) is 0. The van der Waals surface area contributed by atoms with Gasteiger partial charge in [-0.3, -0.25) is 9.78 Å². The zero-order chi connectivity index (χ0) is 16.4. The van der Waals surface area contributed by atoms with Crippen LogP contribution in [0.15, 0.2) is 59.5 Å². The monoisotopic (exact) mass is 307 g/mol. The number of carbonyl (C=O) groups excluding carboxylic acids is 1. The van der Waals surface area contributed by atoms with Gasteiger partial charge in [0.1, 0.15) is 0 Å². The number of pyridine rings is 1. The lowest BCUT2D eigenvalue weighted by atomic mass is 10.1. The van der Waals surface area contributed by atoms with Gasteiger partial charge in [0, 0.05) is 12.4 Å². The van der Waals surface area contributed by atoms with Gasteiger partial charge in [0.05, 0.1) is 22.5 Å². The summed E-state index contributed by atoms with van der Waals surface area (Å²) in [5.74, 6) is -1.26. The summed E-state index contributed by atoms with van der Waals surface area (Å²) in [4.78, 5) is 27.4. The van der Waals surface area contributed by atoms with Crippen LogP contribution in [0.1, 0.15) is 22.8 Å². The topological polar surface area (TPSA) is 82.9 Å². The Morgan fingerprint density at radius 1 is 1.13 bits per heavy atom. The first kappa shape index (κ1) is 14.6. The molecule has 0 radical (unpaired) electrons. The molecule has 0 spiro atoms. The first-order chi connectivity index (χ1) is 11.1. The molecular formula is C17H13N3O3. The average Bonchev–Trinajstić information content (AvgIpc) is 2.84. The lowest BCUT2D eigenvalue weighted by Crippen LogP contribution is -2.21. The fourth-order valence-corrected chi connectivity index (χ4v) is 2.23. The molecule has 0 fully saturated rings. The second-order valence-electron chi connectivity index (χ2n) is 4.99. The Morgan fingerprint density at radius 2 is 1.78 bits per heavy atom. The molecule has 0 atom stereocenters. The van der Waals surface area contributed by atoms with Crippen molar-refractivity contribution in [3.63, 3.8) is 0 Å². The minimum absolute atomic E-state index is 0.161. The summed E-state index contributed by atoms with van der Waals surface area (Å²) in [6.07, 6.45) is 5.07. The second kappa shape index (κ2) is 5.84. The predicted octanol–water partition coefficient (Wildman–Crippen LogP) is 2.59. The molecule has 0 aliphatic carbocycles. The van der Waals surface area contributed by atoms with Gasteiger partial charge in [-0.05, 0) is 55.0 Å². The number of nitrogens with zero attached hydrogens (tertiary/aromatic N) is 3. The van der Waals surface area contributed by atoms with E-state index in [4.69, 9.17) is 5.11 Å². The lowest BCUT2D eigenvalue weighted by molar-refractivity contribution is -0.114. The van der Waals surface area contributed by atoms with Crippen molar-refractivity contribution in [2.24, 2.45) is 5.10 Å². The van der Waals surface area contributed by atoms with Crippen LogP contribution in [-0.4, -0.2) is 27.7 Å². The van der Waals surface area contributed by atoms with Crippen LogP contribution < -0.4 is 5.01 Å². The van der Waals surface area contributed by atoms with Crippen molar-refractivity contribution in [3.05, 3.63) is 65.5 Å². The van der Waals surface area contributed by atoms with Gasteiger partial charge < -0.3 is 5.11 Å². The zero-order valence-electron chi connectivity index (χ0n) is 12.3. The van der Waals surface area contributed by atoms with E-state index in [-0.39, 0.29) is 11.5 Å². The molecule has 0 unspecified atom stereocenters. The fraction of sp³-hybridized carbons (Fsp3) is 0.0588. The van der Waals surface area contributed by atoms with Crippen molar-refractivity contribution in [2.45, 2.75) is 6.92 Å². The highest BCUT2D eigenvalue weighted by atomic mass is 16.4. The number of amides is 1. The highest BCUT2D eigenvalue weighted by molar-refractivity contribution is 6.32. The van der Waals surface area contributed by atoms with E-state index in [2.05, 4.69) is 10.1 Å². The Labute approximate surface area is 132 Å². The molecule has 1 N–H and O–H groups in total. The normalized spacial score (nSPS) is 15.9. The number of carboxylic acid groups (broad SMARTS) is 1. The van der Waals surface area contributed by atoms with Crippen molar-refractivity contribution in [3.8, 4) is 0 Å². The van der Waals surface area contributed by atoms with E-state index in [9.17, 15) is 9.59 Å². The van der Waals surface area contributed by atoms with Crippen LogP contribution in [0.2, 0.25) is 0 Å². The van der Waals surface area contributed by atoms with Crippen molar-refractivity contribution in [2.75, 3.05) is 5.01 Å². The van der Waals surface area contributed by atoms with Crippen LogP contribution in [0.5, 0.6) is 0 Å². The molecule has 1 aromatic heterocycles. The Morgan fingerprint density at radius 3 is 2.39 bits per heavy atom. The molecule has 0 bridgehead atoms. The first-order valence-electron chi connectivity index (χ1n) is 6.91. The largest absolute Gasteiger partial charge is 0.478 e. The second-order valence-corrected chi connectivity index (χ2v) is 4.99. The van der Waals surface area contributed by atoms with Crippen molar-refractivity contribution in [1.29, 1.82) is 0 Å². The molecule has 6 heteroatoms. The number of hydrogen-bond donors (Lipinski definition) is 1. The third-order valence-corrected chi connectivity index (χ3v) is 3.44. The SMILES string of the molecule is CC1=NN(c2ccc(C(=O)O)cc2)C(=O)C1=Cc1ccncc1. The lowest BCUT2D eigenvalue weighted by Gasteiger charge is -2.11. The van der Waals surface area contributed by atoms with Gasteiger partial charge in [-0.1, -0.05) is 0 Å². The molecule has 23 heavy (non-hydrogen) atoms. The maximum Gasteiger partial charge on any atom is 0.335 e. The van der Waals surface area contributed by atoms with E-state index >= 15 is 0 Å². The van der Waals surface area contributed by atoms with Crippen LogP contribution in [0, 0.1) is 0 Å². The summed E-state index contributed by atoms with van der Waals surface area (Å²) in [5.41, 5.74) is 2.65. The number of aromatic nitrogens is 1. The molecule has 6 nitrogen and oxygen atoms in total. The van der Waals surface area contributed by atoms with Crippen LogP contribution >= 0.6 is 0 Å². The number of carboxylic acids is 1. The summed E-state index contributed by atoms with van der Waals surface area (Å²) in [6.45, 7) is 1.76. The maximum absolute atomic E-state index is 12.6. The predicted molar refractivity (Wildman–Crippen MR) is 86.2 cm³/mol. The van der Waals surface area contributed by atoms with E-state index in [1.807, 2.05) is 0 Å². The number of carbonyl (C=O) groups is 2. The summed E-state index contributed by atoms with van der Waals surface area (Å²) >= 11 is 0. The Kier molecular flexibility index (Phi) is 3.72. The Balaban J connectivity index is 1.91. The van der Waals surface area contributed by atoms with Crippen LogP contribution in [0.4, 0.5) is 5.69 Å². The van der Waals surface area contributed by atoms with E-state index in [1.165, 1.54) is 17.1 Å². The number of benzene rings is 1. The van der Waals surface area contributed by atoms with Gasteiger partial charge in [-0.15, -0.1) is 0 Å². The van der Waals surface area contributed by atoms with E-state index in [0.717, 1.165) is 5.56 Å². The highest BCUT2D eigenvalue weighted by Gasteiger charge is 2.28. The van der Waals surface area contributed by atoms with E-state index in [0.29, 0.717) is 17.0 Å². The molecule has 1 aliphatic rings. The average molecular weight is 307 g/mol. The van der Waals surface area contributed by atoms with Crippen LogP contribution in [0.25, 0.3) is 6.08 Å². The number of aromatic carboxylic acids is 1. The minimum Gasteiger partial charge on any atom is -0.478 e. The standard InChI is InChI=1S/C17H13N3O3/c1-11-15(10-12-6-8-18-9-7-12)16(21)20(19-11)14-4-2-13(3-5-14)17(22)23/h2-10H,1H3,(H,22,23). The molecular weight excluding hydrogens is 294 g/mol. The Hall–Kier alpha value is -3.28. The molecule has 2 aromatic rings. The quantitative estimate of drug-likeness (QED) is 0.883. The van der Waals surface area contributed by atoms with Gasteiger partial charge >= 0.3 is 5.97 Å². The van der Waals surface area contributed by atoms with Crippen LogP contribution in [-0.2, 0) is 4.79 Å². The smallest absolute Gasteiger partial charge is 0.335 e. The third kappa shape index (κ3) is 2.87. The fourth-order valence-electron chi connectivity index (χ4n) is 2.23. The first-order valence-corrected chi connectivity index (χ1v) is 6.91. The van der Waals surface area contributed by atoms with Crippen molar-refractivity contribution < 1.29 is 14.7 Å². The van der Waals surface area contributed by atoms with Gasteiger partial charge in [0.15, 0.2) is 0 Å². The molecule has 1 amide bonds. The molecule has 3 rings (SSSR count). The number of hydrazone groups is 1. The molecule has 114 valence electrons. The molecule has 1 aromatic carbocycles. The number of anilines is 1. The maximum atomic E-state index is 12.6. The summed E-state index contributed by atoms with van der Waals surface area (Å²) in [5, 5.41) is 14.5. The minimum atomic E-state index is -1.01. The number of rotatable bonds is 3. The van der Waals surface area contributed by atoms with E-state index < -0.39 is 5.97 Å². The Bertz CT molecular complexity index is 824. The molecule has 1 aliphatic heterocycles. The van der Waals surface area contributed by atoms with Gasteiger partial charge in [0.25, 0.3) is 5.91 Å². The van der Waals surface area contributed by atoms with E-state index in [1.54, 1.807) is 49.7 Å². The van der Waals surface area contributed by atoms with Crippen molar-refractivity contribution >= 4 is 29.4 Å². The number of hydrogen-bond acceptors (Lipinski definition) is 4. The highest BCUT2D eigenvalue weighted by Crippen LogP contribution is 2.25. The molecule has 2 heterocycles.